The van der Waals surface area contributed by atoms with Crippen LogP contribution in [0.5, 0.6) is 0 Å². The van der Waals surface area contributed by atoms with Gasteiger partial charge >= 0.3 is 0 Å². The van der Waals surface area contributed by atoms with Gasteiger partial charge in [0.15, 0.2) is 0 Å². The molecule has 136 valence electrons. The first-order valence-corrected chi connectivity index (χ1v) is 9.97. The predicted octanol–water partition coefficient (Wildman–Crippen LogP) is 4.42. The third-order valence-corrected chi connectivity index (χ3v) is 6.67. The molecule has 0 radical (unpaired) electrons. The standard InChI is InChI=1S/C20H29N3O2/c24-23(25)18-11-9-15(10-12-18)14-21-22-19-7-3-1-5-16(19)13-17-6-2-4-8-20(17)22/h9-12,16-17,19-21H,1-8,13-14H2/t16-,17-,19-,20-/m0/s1. The second-order valence-electron chi connectivity index (χ2n) is 8.13. The Hall–Kier alpha value is -1.46. The topological polar surface area (TPSA) is 58.4 Å². The SMILES string of the molecule is O=[N+]([O-])c1ccc(CNN2[C@H]3CCCC[C@H]3C[C@@H]3CCCC[C@@H]32)cc1. The van der Waals surface area contributed by atoms with E-state index in [0.717, 1.165) is 23.9 Å². The highest BCUT2D eigenvalue weighted by atomic mass is 16.6. The summed E-state index contributed by atoms with van der Waals surface area (Å²) in [6, 6.07) is 8.36. The highest BCUT2D eigenvalue weighted by Crippen LogP contribution is 2.44. The molecule has 0 aromatic heterocycles. The minimum Gasteiger partial charge on any atom is -0.258 e. The monoisotopic (exact) mass is 343 g/mol. The second kappa shape index (κ2) is 7.42. The number of piperidine rings is 1. The molecule has 5 heteroatoms. The van der Waals surface area contributed by atoms with Crippen molar-refractivity contribution in [3.8, 4) is 0 Å². The highest BCUT2D eigenvalue weighted by molar-refractivity contribution is 5.32. The van der Waals surface area contributed by atoms with Gasteiger partial charge in [0, 0.05) is 30.8 Å². The Balaban J connectivity index is 1.46. The zero-order valence-electron chi connectivity index (χ0n) is 14.9. The lowest BCUT2D eigenvalue weighted by Crippen LogP contribution is -2.61. The second-order valence-corrected chi connectivity index (χ2v) is 8.13. The van der Waals surface area contributed by atoms with Crippen LogP contribution in [0.1, 0.15) is 63.4 Å². The summed E-state index contributed by atoms with van der Waals surface area (Å²) >= 11 is 0. The Kier molecular flexibility index (Phi) is 5.04. The number of hydrogen-bond acceptors (Lipinski definition) is 4. The van der Waals surface area contributed by atoms with Gasteiger partial charge < -0.3 is 0 Å². The fourth-order valence-corrected chi connectivity index (χ4v) is 5.45. The van der Waals surface area contributed by atoms with Gasteiger partial charge in [-0.15, -0.1) is 0 Å². The van der Waals surface area contributed by atoms with E-state index in [1.54, 1.807) is 12.1 Å². The van der Waals surface area contributed by atoms with Crippen LogP contribution >= 0.6 is 0 Å². The van der Waals surface area contributed by atoms with Gasteiger partial charge in [-0.2, -0.15) is 0 Å². The zero-order valence-corrected chi connectivity index (χ0v) is 14.9. The summed E-state index contributed by atoms with van der Waals surface area (Å²) in [7, 11) is 0. The largest absolute Gasteiger partial charge is 0.269 e. The number of nitrogens with zero attached hydrogens (tertiary/aromatic N) is 2. The molecule has 1 saturated heterocycles. The lowest BCUT2D eigenvalue weighted by molar-refractivity contribution is -0.384. The van der Waals surface area contributed by atoms with Gasteiger partial charge in [0.25, 0.3) is 5.69 Å². The molecule has 1 aromatic rings. The van der Waals surface area contributed by atoms with Crippen LogP contribution in [0.3, 0.4) is 0 Å². The first-order valence-electron chi connectivity index (χ1n) is 9.97. The molecule has 3 aliphatic rings. The van der Waals surface area contributed by atoms with Gasteiger partial charge in [-0.3, -0.25) is 15.5 Å². The molecule has 1 aromatic carbocycles. The Labute approximate surface area is 149 Å². The molecule has 0 spiro atoms. The first-order chi connectivity index (χ1) is 12.2. The molecule has 0 bridgehead atoms. The van der Waals surface area contributed by atoms with Gasteiger partial charge in [-0.25, -0.2) is 5.01 Å². The number of nitro groups is 1. The van der Waals surface area contributed by atoms with E-state index < -0.39 is 0 Å². The highest BCUT2D eigenvalue weighted by Gasteiger charge is 2.44. The molecule has 0 amide bonds. The molecule has 4 rings (SSSR count). The first kappa shape index (κ1) is 17.0. The molecular weight excluding hydrogens is 314 g/mol. The maximum atomic E-state index is 10.8. The number of benzene rings is 1. The van der Waals surface area contributed by atoms with Gasteiger partial charge in [0.1, 0.15) is 0 Å². The predicted molar refractivity (Wildman–Crippen MR) is 97.9 cm³/mol. The smallest absolute Gasteiger partial charge is 0.258 e. The Morgan fingerprint density at radius 3 is 2.08 bits per heavy atom. The Morgan fingerprint density at radius 2 is 1.52 bits per heavy atom. The fraction of sp³-hybridized carbons (Fsp3) is 0.700. The molecule has 25 heavy (non-hydrogen) atoms. The lowest BCUT2D eigenvalue weighted by atomic mass is 9.69. The summed E-state index contributed by atoms with van der Waals surface area (Å²) in [6.45, 7) is 0.768. The molecule has 2 aliphatic carbocycles. The van der Waals surface area contributed by atoms with Crippen molar-refractivity contribution in [3.05, 3.63) is 39.9 Å². The summed E-state index contributed by atoms with van der Waals surface area (Å²) in [4.78, 5) is 10.5. The van der Waals surface area contributed by atoms with Crippen molar-refractivity contribution in [2.45, 2.75) is 76.4 Å². The lowest BCUT2D eigenvalue weighted by Gasteiger charge is -2.53. The summed E-state index contributed by atoms with van der Waals surface area (Å²) in [5, 5.41) is 13.4. The van der Waals surface area contributed by atoms with Crippen LogP contribution in [0.15, 0.2) is 24.3 Å². The fourth-order valence-electron chi connectivity index (χ4n) is 5.45. The van der Waals surface area contributed by atoms with Crippen molar-refractivity contribution in [1.29, 1.82) is 0 Å². The van der Waals surface area contributed by atoms with E-state index in [4.69, 9.17) is 0 Å². The van der Waals surface area contributed by atoms with Crippen LogP contribution in [-0.4, -0.2) is 22.0 Å². The molecule has 1 heterocycles. The number of nitro benzene ring substituents is 1. The average molecular weight is 343 g/mol. The van der Waals surface area contributed by atoms with Crippen LogP contribution < -0.4 is 5.43 Å². The van der Waals surface area contributed by atoms with E-state index in [1.807, 2.05) is 12.1 Å². The molecule has 3 fully saturated rings. The van der Waals surface area contributed by atoms with E-state index >= 15 is 0 Å². The van der Waals surface area contributed by atoms with E-state index in [0.29, 0.717) is 12.1 Å². The van der Waals surface area contributed by atoms with E-state index in [9.17, 15) is 10.1 Å². The van der Waals surface area contributed by atoms with Crippen LogP contribution in [0, 0.1) is 22.0 Å². The van der Waals surface area contributed by atoms with Gasteiger partial charge in [0.2, 0.25) is 0 Å². The van der Waals surface area contributed by atoms with Gasteiger partial charge in [-0.05, 0) is 49.5 Å². The quantitative estimate of drug-likeness (QED) is 0.649. The van der Waals surface area contributed by atoms with Gasteiger partial charge in [0.05, 0.1) is 4.92 Å². The minimum atomic E-state index is -0.332. The molecule has 5 nitrogen and oxygen atoms in total. The third kappa shape index (κ3) is 3.58. The molecule has 1 aliphatic heterocycles. The molecule has 1 N–H and O–H groups in total. The number of non-ortho nitro benzene ring substituents is 1. The minimum absolute atomic E-state index is 0.168. The summed E-state index contributed by atoms with van der Waals surface area (Å²) in [5.74, 6) is 1.72. The number of fused-ring (bicyclic) bond motifs is 2. The molecule has 4 atom stereocenters. The van der Waals surface area contributed by atoms with Crippen molar-refractivity contribution in [1.82, 2.24) is 10.4 Å². The zero-order chi connectivity index (χ0) is 17.2. The number of hydrogen-bond donors (Lipinski definition) is 1. The van der Waals surface area contributed by atoms with E-state index in [1.165, 1.54) is 57.8 Å². The van der Waals surface area contributed by atoms with Crippen LogP contribution in [0.2, 0.25) is 0 Å². The Bertz CT molecular complexity index is 581. The summed E-state index contributed by atoms with van der Waals surface area (Å²) < 4.78 is 0. The van der Waals surface area contributed by atoms with Crippen molar-refractivity contribution >= 4 is 5.69 Å². The Morgan fingerprint density at radius 1 is 0.960 bits per heavy atom. The number of rotatable bonds is 4. The molecule has 0 unspecified atom stereocenters. The van der Waals surface area contributed by atoms with E-state index in [-0.39, 0.29) is 10.6 Å². The maximum Gasteiger partial charge on any atom is 0.269 e. The van der Waals surface area contributed by atoms with Crippen molar-refractivity contribution in [2.75, 3.05) is 0 Å². The maximum absolute atomic E-state index is 10.8. The van der Waals surface area contributed by atoms with Gasteiger partial charge in [-0.1, -0.05) is 37.8 Å². The van der Waals surface area contributed by atoms with Crippen molar-refractivity contribution in [3.63, 3.8) is 0 Å². The van der Waals surface area contributed by atoms with Crippen molar-refractivity contribution in [2.24, 2.45) is 11.8 Å². The van der Waals surface area contributed by atoms with Crippen LogP contribution in [-0.2, 0) is 6.54 Å². The third-order valence-electron chi connectivity index (χ3n) is 6.67. The average Bonchev–Trinajstić information content (AvgIpc) is 2.65. The number of hydrazine groups is 1. The van der Waals surface area contributed by atoms with Crippen LogP contribution in [0.25, 0.3) is 0 Å². The molecular formula is C20H29N3O2. The summed E-state index contributed by atoms with van der Waals surface area (Å²) in [5.41, 5.74) is 5.04. The van der Waals surface area contributed by atoms with Crippen LogP contribution in [0.4, 0.5) is 5.69 Å². The summed E-state index contributed by atoms with van der Waals surface area (Å²) in [6.07, 6.45) is 12.4. The number of nitrogens with one attached hydrogen (secondary N) is 1. The normalized spacial score (nSPS) is 32.6. The van der Waals surface area contributed by atoms with Crippen molar-refractivity contribution < 1.29 is 4.92 Å². The molecule has 2 saturated carbocycles. The van der Waals surface area contributed by atoms with E-state index in [2.05, 4.69) is 10.4 Å².